The van der Waals surface area contributed by atoms with E-state index in [0.29, 0.717) is 5.76 Å². The van der Waals surface area contributed by atoms with E-state index in [4.69, 9.17) is 33.9 Å². The molecule has 2 aliphatic heterocycles. The predicted molar refractivity (Wildman–Crippen MR) is 307 cm³/mol. The summed E-state index contributed by atoms with van der Waals surface area (Å²) in [7, 11) is 0. The van der Waals surface area contributed by atoms with Gasteiger partial charge in [0.05, 0.1) is 33.5 Å². The van der Waals surface area contributed by atoms with E-state index in [1.807, 2.05) is 0 Å². The van der Waals surface area contributed by atoms with Gasteiger partial charge in [0.2, 0.25) is 0 Å². The van der Waals surface area contributed by atoms with E-state index in [0.717, 1.165) is 94.3 Å². The Bertz CT molecular complexity index is 3800. The normalized spacial score (nSPS) is 28.2. The van der Waals surface area contributed by atoms with Crippen molar-refractivity contribution in [3.05, 3.63) is 146 Å². The summed E-state index contributed by atoms with van der Waals surface area (Å²) in [6.45, 7) is 41.8. The Balaban J connectivity index is 0.840. The van der Waals surface area contributed by atoms with Gasteiger partial charge in [0.25, 0.3) is 0 Å². The van der Waals surface area contributed by atoms with Gasteiger partial charge in [-0.25, -0.2) is 9.97 Å². The van der Waals surface area contributed by atoms with Crippen molar-refractivity contribution in [2.45, 2.75) is 211 Å². The Kier molecular flexibility index (Phi) is 9.05. The molecule has 14 rings (SSSR count). The van der Waals surface area contributed by atoms with Gasteiger partial charge in [-0.05, 0) is 221 Å². The molecule has 2 spiro atoms. The molecule has 3 heterocycles. The predicted octanol–water partition coefficient (Wildman–Crippen LogP) is 16.6. The van der Waals surface area contributed by atoms with E-state index < -0.39 is 11.2 Å². The molecule has 392 valence electrons. The lowest BCUT2D eigenvalue weighted by atomic mass is 9.72. The van der Waals surface area contributed by atoms with Crippen LogP contribution in [0.4, 0.5) is 5.69 Å². The third-order valence-electron chi connectivity index (χ3n) is 20.8. The van der Waals surface area contributed by atoms with Gasteiger partial charge in [-0.2, -0.15) is 0 Å². The first-order valence-electron chi connectivity index (χ1n) is 28.3. The fraction of sp³-hybridized carbons (Fsp3) is 0.493. The highest BCUT2D eigenvalue weighted by Gasteiger charge is 2.59. The number of ether oxygens (including phenoxy) is 4. The van der Waals surface area contributed by atoms with Crippen LogP contribution in [0.2, 0.25) is 0 Å². The molecule has 0 bridgehead atoms. The number of aromatic nitrogens is 2. The number of nitrogens with zero attached hydrogens (tertiary/aromatic N) is 3. The molecule has 0 saturated carbocycles. The Morgan fingerprint density at radius 1 is 0.408 bits per heavy atom. The van der Waals surface area contributed by atoms with Crippen LogP contribution in [0.15, 0.2) is 89.3 Å². The number of hydrogen-bond donors (Lipinski definition) is 0. The van der Waals surface area contributed by atoms with E-state index in [1.165, 1.54) is 61.2 Å². The molecule has 0 N–H and O–H groups in total. The van der Waals surface area contributed by atoms with E-state index in [9.17, 15) is 0 Å². The monoisotopic (exact) mass is 1010 g/mol. The van der Waals surface area contributed by atoms with Gasteiger partial charge in [-0.15, -0.1) is 0 Å². The number of hydrogen-bond acceptors (Lipinski definition) is 7. The first-order chi connectivity index (χ1) is 35.2. The van der Waals surface area contributed by atoms with Crippen molar-refractivity contribution in [3.63, 3.8) is 0 Å². The molecule has 0 fully saturated rings. The summed E-state index contributed by atoms with van der Waals surface area (Å²) in [5.41, 5.74) is 19.4. The van der Waals surface area contributed by atoms with E-state index >= 15 is 0 Å². The second-order valence-corrected chi connectivity index (χ2v) is 30.0. The molecule has 7 nitrogen and oxygen atoms in total. The van der Waals surface area contributed by atoms with Crippen LogP contribution in [0, 0.1) is 12.8 Å². The van der Waals surface area contributed by atoms with Crippen molar-refractivity contribution in [1.82, 2.24) is 9.97 Å². The smallest absolute Gasteiger partial charge is 0.171 e. The van der Waals surface area contributed by atoms with E-state index in [-0.39, 0.29) is 49.2 Å². The number of aryl methyl sites for hydroxylation is 1. The lowest BCUT2D eigenvalue weighted by Gasteiger charge is -2.46. The first-order valence-corrected chi connectivity index (χ1v) is 28.3. The van der Waals surface area contributed by atoms with Crippen molar-refractivity contribution in [3.8, 4) is 23.0 Å². The summed E-state index contributed by atoms with van der Waals surface area (Å²) in [6, 6.07) is 23.6. The molecule has 6 aromatic rings. The molecule has 3 unspecified atom stereocenters. The summed E-state index contributed by atoms with van der Waals surface area (Å²) in [5, 5.41) is 0. The number of fused-ring (bicyclic) bond motifs is 14. The van der Waals surface area contributed by atoms with Crippen molar-refractivity contribution in [2.75, 3.05) is 0 Å². The highest BCUT2D eigenvalue weighted by molar-refractivity contribution is 6.02. The van der Waals surface area contributed by atoms with Gasteiger partial charge in [0.15, 0.2) is 34.5 Å². The van der Waals surface area contributed by atoms with Crippen LogP contribution in [0.5, 0.6) is 23.0 Å². The lowest BCUT2D eigenvalue weighted by Crippen LogP contribution is -2.56. The average Bonchev–Trinajstić information content (AvgIpc) is 4.07. The van der Waals surface area contributed by atoms with Crippen molar-refractivity contribution >= 4 is 33.5 Å². The van der Waals surface area contributed by atoms with Crippen LogP contribution in [-0.2, 0) is 43.3 Å². The highest BCUT2D eigenvalue weighted by atomic mass is 16.6. The van der Waals surface area contributed by atoms with Crippen LogP contribution < -0.4 is 18.9 Å². The quantitative estimate of drug-likeness (QED) is 0.153. The van der Waals surface area contributed by atoms with E-state index in [1.54, 1.807) is 0 Å². The summed E-state index contributed by atoms with van der Waals surface area (Å²) < 4.78 is 27.5. The lowest BCUT2D eigenvalue weighted by molar-refractivity contribution is -0.0992. The van der Waals surface area contributed by atoms with Gasteiger partial charge < -0.3 is 18.9 Å². The first kappa shape index (κ1) is 48.4. The molecule has 3 atom stereocenters. The molecule has 5 aromatic carbocycles. The number of rotatable bonds is 1. The van der Waals surface area contributed by atoms with Crippen molar-refractivity contribution in [2.24, 2.45) is 10.9 Å². The fourth-order valence-electron chi connectivity index (χ4n) is 17.0. The maximum atomic E-state index is 7.03. The Labute approximate surface area is 451 Å². The van der Waals surface area contributed by atoms with Crippen LogP contribution >= 0.6 is 0 Å². The second-order valence-electron chi connectivity index (χ2n) is 30.0. The maximum Gasteiger partial charge on any atom is 0.171 e. The molecule has 6 aliphatic carbocycles. The average molecular weight is 1010 g/mol. The van der Waals surface area contributed by atoms with Gasteiger partial charge in [0, 0.05) is 22.8 Å². The SMILES string of the molecule is Cc1cc2c(cc1N=C1C=C3Oc4cc5c(cc4OC3=CC1C)C(C)(C)CC51CC(C)(C)c3cc4c(cc31)OC(C)(C)C(C)(C)O4)C1(CC2(C)C)CC(C)(C)c2cc3nc4cc5c(cc4nc3cc21)C(C)(C)CC5(C)C. The van der Waals surface area contributed by atoms with Crippen molar-refractivity contribution < 1.29 is 18.9 Å². The maximum absolute atomic E-state index is 7.03. The fourth-order valence-corrected chi connectivity index (χ4v) is 17.0. The minimum atomic E-state index is -0.498. The number of allylic oxidation sites excluding steroid dienone is 2. The van der Waals surface area contributed by atoms with Gasteiger partial charge in [-0.3, -0.25) is 4.99 Å². The zero-order chi connectivity index (χ0) is 53.8. The molecule has 0 amide bonds. The Morgan fingerprint density at radius 2 is 0.750 bits per heavy atom. The molecule has 0 radical (unpaired) electrons. The molecule has 8 aliphatic rings. The topological polar surface area (TPSA) is 75.1 Å². The van der Waals surface area contributed by atoms with Crippen LogP contribution in [0.25, 0.3) is 22.1 Å². The molecular formula is C69H77N3O4. The van der Waals surface area contributed by atoms with E-state index in [2.05, 4.69) is 197 Å². The van der Waals surface area contributed by atoms with Gasteiger partial charge in [0.1, 0.15) is 11.2 Å². The van der Waals surface area contributed by atoms with Gasteiger partial charge in [-0.1, -0.05) is 96.1 Å². The molecule has 1 aromatic heterocycles. The highest BCUT2D eigenvalue weighted by Crippen LogP contribution is 2.67. The second kappa shape index (κ2) is 14.2. The third-order valence-corrected chi connectivity index (χ3v) is 20.8. The standard InChI is InChI=1S/C69H77N3O4/c1-36-19-38-44(68(32-62(38,7)8)33-63(9,10)41-23-52-53(25-45(41)68)72-51-22-40-39(21-50(51)71-52)60(3,4)31-61(40,5)6)24-48(36)70-49-30-57-54(20-37(49)2)73-55-26-42-46(28-56(55)74-57)69(34-64(42,11)12)35-65(13,14)43-27-58-59(29-47(43)69)76-67(17,18)66(15,16)75-58/h19-30,37H,31-35H2,1-18H3. The minimum absolute atomic E-state index is 0.00442. The molecular weight excluding hydrogens is 935 g/mol. The Morgan fingerprint density at radius 3 is 1.24 bits per heavy atom. The summed E-state index contributed by atoms with van der Waals surface area (Å²) in [6.07, 6.45) is 9.43. The van der Waals surface area contributed by atoms with Crippen molar-refractivity contribution in [1.29, 1.82) is 0 Å². The molecule has 0 saturated heterocycles. The molecule has 7 heteroatoms. The van der Waals surface area contributed by atoms with Gasteiger partial charge >= 0.3 is 0 Å². The minimum Gasteiger partial charge on any atom is -0.480 e. The largest absolute Gasteiger partial charge is 0.480 e. The zero-order valence-corrected chi connectivity index (χ0v) is 48.5. The summed E-state index contributed by atoms with van der Waals surface area (Å²) >= 11 is 0. The zero-order valence-electron chi connectivity index (χ0n) is 48.5. The van der Waals surface area contributed by atoms with Crippen LogP contribution in [0.1, 0.15) is 211 Å². The van der Waals surface area contributed by atoms with Crippen LogP contribution in [0.3, 0.4) is 0 Å². The Hall–Kier alpha value is -5.95. The molecule has 76 heavy (non-hydrogen) atoms. The summed E-state index contributed by atoms with van der Waals surface area (Å²) in [5.74, 6) is 4.65. The number of aliphatic imine (C=N–C) groups is 1. The van der Waals surface area contributed by atoms with Crippen LogP contribution in [-0.4, -0.2) is 26.9 Å². The summed E-state index contributed by atoms with van der Waals surface area (Å²) in [4.78, 5) is 16.4. The number of benzene rings is 5. The third kappa shape index (κ3) is 6.38.